The standard InChI is InChI=1S/C22H17F2N5O3S/c1-3-4-5-14-13-26-29-9-8-18(27-21(14)29)15-10-19(22(32-2)25-12-15)28-33(30,31)20-7-6-16(23)11-17(20)24/h6-13,28H,3H2,1-2H3. The van der Waals surface area contributed by atoms with Gasteiger partial charge in [0.25, 0.3) is 10.0 Å². The summed E-state index contributed by atoms with van der Waals surface area (Å²) in [7, 11) is -3.09. The first-order chi connectivity index (χ1) is 15.8. The molecule has 3 aromatic heterocycles. The lowest BCUT2D eigenvalue weighted by Gasteiger charge is -2.13. The van der Waals surface area contributed by atoms with Gasteiger partial charge in [-0.05, 0) is 24.3 Å². The molecule has 8 nitrogen and oxygen atoms in total. The van der Waals surface area contributed by atoms with Crippen molar-refractivity contribution in [3.63, 3.8) is 0 Å². The van der Waals surface area contributed by atoms with Gasteiger partial charge in [0.2, 0.25) is 5.88 Å². The molecule has 0 aliphatic rings. The second-order valence-corrected chi connectivity index (χ2v) is 8.41. The molecule has 0 spiro atoms. The molecule has 0 aliphatic heterocycles. The van der Waals surface area contributed by atoms with Gasteiger partial charge in [-0.15, -0.1) is 0 Å². The summed E-state index contributed by atoms with van der Waals surface area (Å²) in [5.74, 6) is 3.82. The highest BCUT2D eigenvalue weighted by Gasteiger charge is 2.22. The molecule has 0 saturated carbocycles. The first kappa shape index (κ1) is 22.2. The number of pyridine rings is 1. The van der Waals surface area contributed by atoms with Crippen LogP contribution in [-0.2, 0) is 10.0 Å². The SMILES string of the molecule is CCC#Cc1cnn2ccc(-c3cnc(OC)c(NS(=O)(=O)c4ccc(F)cc4F)c3)nc12. The van der Waals surface area contributed by atoms with E-state index in [4.69, 9.17) is 4.74 Å². The molecule has 0 atom stereocenters. The summed E-state index contributed by atoms with van der Waals surface area (Å²) in [5.41, 5.74) is 2.07. The Kier molecular flexibility index (Phi) is 5.93. The van der Waals surface area contributed by atoms with E-state index in [9.17, 15) is 17.2 Å². The minimum absolute atomic E-state index is 0.0372. The van der Waals surface area contributed by atoms with Crippen molar-refractivity contribution < 1.29 is 21.9 Å². The molecule has 0 amide bonds. The van der Waals surface area contributed by atoms with Crippen LogP contribution in [0.2, 0.25) is 0 Å². The Balaban J connectivity index is 1.76. The molecule has 11 heteroatoms. The molecule has 168 valence electrons. The summed E-state index contributed by atoms with van der Waals surface area (Å²) < 4.78 is 61.7. The average Bonchev–Trinajstić information content (AvgIpc) is 3.19. The first-order valence-electron chi connectivity index (χ1n) is 9.68. The first-order valence-corrected chi connectivity index (χ1v) is 11.2. The Morgan fingerprint density at radius 3 is 2.73 bits per heavy atom. The number of nitrogens with zero attached hydrogens (tertiary/aromatic N) is 4. The van der Waals surface area contributed by atoms with E-state index in [1.54, 1.807) is 23.0 Å². The van der Waals surface area contributed by atoms with Crippen LogP contribution in [0.4, 0.5) is 14.5 Å². The molecule has 33 heavy (non-hydrogen) atoms. The molecule has 1 N–H and O–H groups in total. The van der Waals surface area contributed by atoms with Gasteiger partial charge < -0.3 is 4.74 Å². The van der Waals surface area contributed by atoms with E-state index in [0.29, 0.717) is 35.0 Å². The molecule has 4 aromatic rings. The topological polar surface area (TPSA) is 98.5 Å². The summed E-state index contributed by atoms with van der Waals surface area (Å²) in [6.07, 6.45) is 5.44. The van der Waals surface area contributed by atoms with Gasteiger partial charge in [0, 0.05) is 30.4 Å². The van der Waals surface area contributed by atoms with Gasteiger partial charge >= 0.3 is 0 Å². The summed E-state index contributed by atoms with van der Waals surface area (Å²) >= 11 is 0. The van der Waals surface area contributed by atoms with Crippen LogP contribution in [0.15, 0.2) is 53.8 Å². The molecular weight excluding hydrogens is 452 g/mol. The van der Waals surface area contributed by atoms with Crippen molar-refractivity contribution >= 4 is 21.4 Å². The minimum atomic E-state index is -4.40. The molecular formula is C22H17F2N5O3S. The minimum Gasteiger partial charge on any atom is -0.480 e. The van der Waals surface area contributed by atoms with Crippen LogP contribution in [0.1, 0.15) is 18.9 Å². The molecule has 0 unspecified atom stereocenters. The van der Waals surface area contributed by atoms with E-state index in [1.165, 1.54) is 19.4 Å². The third-order valence-electron chi connectivity index (χ3n) is 4.54. The number of fused-ring (bicyclic) bond motifs is 1. The van der Waals surface area contributed by atoms with E-state index in [2.05, 4.69) is 31.6 Å². The molecule has 4 rings (SSSR count). The van der Waals surface area contributed by atoms with Crippen LogP contribution in [0.5, 0.6) is 5.88 Å². The highest BCUT2D eigenvalue weighted by molar-refractivity contribution is 7.92. The fourth-order valence-corrected chi connectivity index (χ4v) is 4.13. The largest absolute Gasteiger partial charge is 0.480 e. The van der Waals surface area contributed by atoms with E-state index in [0.717, 1.165) is 12.1 Å². The highest BCUT2D eigenvalue weighted by atomic mass is 32.2. The molecule has 1 aromatic carbocycles. The number of anilines is 1. The number of halogens is 2. The Bertz CT molecular complexity index is 1520. The van der Waals surface area contributed by atoms with Crippen LogP contribution >= 0.6 is 0 Å². The molecule has 0 fully saturated rings. The number of sulfonamides is 1. The van der Waals surface area contributed by atoms with Crippen LogP contribution in [0.3, 0.4) is 0 Å². The second-order valence-electron chi connectivity index (χ2n) is 6.76. The van der Waals surface area contributed by atoms with Crippen molar-refractivity contribution in [2.45, 2.75) is 18.2 Å². The van der Waals surface area contributed by atoms with Crippen LogP contribution < -0.4 is 9.46 Å². The third kappa shape index (κ3) is 4.47. The molecule has 3 heterocycles. The van der Waals surface area contributed by atoms with Crippen molar-refractivity contribution in [3.05, 3.63) is 66.1 Å². The normalized spacial score (nSPS) is 11.2. The Labute approximate surface area is 188 Å². The summed E-state index contributed by atoms with van der Waals surface area (Å²) in [5, 5.41) is 4.21. The Hall–Kier alpha value is -4.04. The van der Waals surface area contributed by atoms with Crippen LogP contribution in [0, 0.1) is 23.5 Å². The van der Waals surface area contributed by atoms with Gasteiger partial charge in [-0.2, -0.15) is 5.10 Å². The summed E-state index contributed by atoms with van der Waals surface area (Å²) in [6.45, 7) is 1.93. The maximum atomic E-state index is 14.1. The van der Waals surface area contributed by atoms with Crippen molar-refractivity contribution in [1.29, 1.82) is 0 Å². The van der Waals surface area contributed by atoms with Crippen LogP contribution in [0.25, 0.3) is 16.9 Å². The van der Waals surface area contributed by atoms with Crippen molar-refractivity contribution in [2.75, 3.05) is 11.8 Å². The summed E-state index contributed by atoms with van der Waals surface area (Å²) in [4.78, 5) is 7.99. The number of hydrogen-bond donors (Lipinski definition) is 1. The Morgan fingerprint density at radius 1 is 1.18 bits per heavy atom. The molecule has 0 radical (unpaired) electrons. The smallest absolute Gasteiger partial charge is 0.264 e. The second kappa shape index (κ2) is 8.84. The number of ether oxygens (including phenoxy) is 1. The van der Waals surface area contributed by atoms with Crippen molar-refractivity contribution in [1.82, 2.24) is 19.6 Å². The number of nitrogens with one attached hydrogen (secondary N) is 1. The zero-order chi connectivity index (χ0) is 23.6. The molecule has 0 aliphatic carbocycles. The van der Waals surface area contributed by atoms with E-state index in [-0.39, 0.29) is 11.6 Å². The quantitative estimate of drug-likeness (QED) is 0.448. The number of benzene rings is 1. The fraction of sp³-hybridized carbons (Fsp3) is 0.136. The van der Waals surface area contributed by atoms with E-state index >= 15 is 0 Å². The van der Waals surface area contributed by atoms with Gasteiger partial charge in [0.15, 0.2) is 5.65 Å². The van der Waals surface area contributed by atoms with Gasteiger partial charge in [0.1, 0.15) is 22.2 Å². The van der Waals surface area contributed by atoms with E-state index < -0.39 is 26.6 Å². The lowest BCUT2D eigenvalue weighted by molar-refractivity contribution is 0.400. The van der Waals surface area contributed by atoms with Crippen molar-refractivity contribution in [3.8, 4) is 29.0 Å². The monoisotopic (exact) mass is 469 g/mol. The zero-order valence-corrected chi connectivity index (χ0v) is 18.3. The predicted molar refractivity (Wildman–Crippen MR) is 117 cm³/mol. The van der Waals surface area contributed by atoms with Gasteiger partial charge in [-0.1, -0.05) is 18.8 Å². The lowest BCUT2D eigenvalue weighted by atomic mass is 10.2. The van der Waals surface area contributed by atoms with Gasteiger partial charge in [-0.3, -0.25) is 4.72 Å². The zero-order valence-electron chi connectivity index (χ0n) is 17.5. The number of hydrogen-bond acceptors (Lipinski definition) is 6. The summed E-state index contributed by atoms with van der Waals surface area (Å²) in [6, 6.07) is 5.32. The number of methoxy groups -OCH3 is 1. The third-order valence-corrected chi connectivity index (χ3v) is 5.94. The highest BCUT2D eigenvalue weighted by Crippen LogP contribution is 2.30. The van der Waals surface area contributed by atoms with Crippen LogP contribution in [-0.4, -0.2) is 35.1 Å². The average molecular weight is 469 g/mol. The Morgan fingerprint density at radius 2 is 2.00 bits per heavy atom. The maximum Gasteiger partial charge on any atom is 0.264 e. The number of aromatic nitrogens is 4. The fourth-order valence-electron chi connectivity index (χ4n) is 3.02. The molecule has 0 bridgehead atoms. The van der Waals surface area contributed by atoms with Crippen molar-refractivity contribution in [2.24, 2.45) is 0 Å². The maximum absolute atomic E-state index is 14.1. The number of rotatable bonds is 5. The molecule has 0 saturated heterocycles. The van der Waals surface area contributed by atoms with E-state index in [1.807, 2.05) is 6.92 Å². The van der Waals surface area contributed by atoms with Gasteiger partial charge in [0.05, 0.1) is 24.6 Å². The lowest BCUT2D eigenvalue weighted by Crippen LogP contribution is -2.16. The van der Waals surface area contributed by atoms with Gasteiger partial charge in [-0.25, -0.2) is 31.7 Å². The predicted octanol–water partition coefficient (Wildman–Crippen LogP) is 3.64.